The van der Waals surface area contributed by atoms with E-state index in [2.05, 4.69) is 46.2 Å². The average molecular weight is 377 g/mol. The number of ether oxygens (including phenoxy) is 1. The van der Waals surface area contributed by atoms with E-state index in [1.165, 1.54) is 5.69 Å². The molecule has 0 bridgehead atoms. The highest BCUT2D eigenvalue weighted by Gasteiger charge is 2.16. The SMILES string of the molecule is COc1ccc2nc(-c3ccc(N4CCN(CCCO)CC4)cc3)ccc2c1. The highest BCUT2D eigenvalue weighted by atomic mass is 16.5. The van der Waals surface area contributed by atoms with Gasteiger partial charge in [0.2, 0.25) is 0 Å². The van der Waals surface area contributed by atoms with Crippen LogP contribution >= 0.6 is 0 Å². The van der Waals surface area contributed by atoms with Crippen LogP contribution in [0.25, 0.3) is 22.2 Å². The predicted molar refractivity (Wildman–Crippen MR) is 114 cm³/mol. The molecule has 0 amide bonds. The molecule has 4 rings (SSSR count). The summed E-state index contributed by atoms with van der Waals surface area (Å²) in [6.07, 6.45) is 0.861. The van der Waals surface area contributed by atoms with E-state index in [0.29, 0.717) is 0 Å². The second-order valence-electron chi connectivity index (χ2n) is 7.21. The molecular weight excluding hydrogens is 350 g/mol. The van der Waals surface area contributed by atoms with Crippen molar-refractivity contribution in [1.82, 2.24) is 9.88 Å². The number of piperazine rings is 1. The van der Waals surface area contributed by atoms with Gasteiger partial charge in [-0.1, -0.05) is 18.2 Å². The van der Waals surface area contributed by atoms with Gasteiger partial charge in [-0.2, -0.15) is 0 Å². The van der Waals surface area contributed by atoms with Gasteiger partial charge in [0.15, 0.2) is 0 Å². The third-order valence-electron chi connectivity index (χ3n) is 5.43. The first kappa shape index (κ1) is 18.7. The van der Waals surface area contributed by atoms with Gasteiger partial charge in [-0.05, 0) is 42.8 Å². The van der Waals surface area contributed by atoms with Gasteiger partial charge in [-0.15, -0.1) is 0 Å². The van der Waals surface area contributed by atoms with E-state index in [4.69, 9.17) is 14.8 Å². The van der Waals surface area contributed by atoms with Gasteiger partial charge in [0.1, 0.15) is 5.75 Å². The number of hydrogen-bond acceptors (Lipinski definition) is 5. The van der Waals surface area contributed by atoms with Gasteiger partial charge < -0.3 is 14.7 Å². The Morgan fingerprint density at radius 1 is 0.964 bits per heavy atom. The number of benzene rings is 2. The first-order chi connectivity index (χ1) is 13.8. The minimum absolute atomic E-state index is 0.276. The molecule has 146 valence electrons. The Labute approximate surface area is 166 Å². The number of hydrogen-bond donors (Lipinski definition) is 1. The van der Waals surface area contributed by atoms with Gasteiger partial charge >= 0.3 is 0 Å². The second kappa shape index (κ2) is 8.59. The third kappa shape index (κ3) is 4.11. The Morgan fingerprint density at radius 2 is 1.75 bits per heavy atom. The number of fused-ring (bicyclic) bond motifs is 1. The fraction of sp³-hybridized carbons (Fsp3) is 0.348. The summed E-state index contributed by atoms with van der Waals surface area (Å²) in [5, 5.41) is 10.1. The van der Waals surface area contributed by atoms with Crippen LogP contribution in [0.4, 0.5) is 5.69 Å². The Bertz CT molecular complexity index is 919. The van der Waals surface area contributed by atoms with Crippen molar-refractivity contribution >= 4 is 16.6 Å². The van der Waals surface area contributed by atoms with Crippen LogP contribution < -0.4 is 9.64 Å². The molecule has 1 fully saturated rings. The summed E-state index contributed by atoms with van der Waals surface area (Å²) in [6.45, 7) is 5.43. The fourth-order valence-electron chi connectivity index (χ4n) is 3.76. The van der Waals surface area contributed by atoms with Crippen LogP contribution in [0, 0.1) is 0 Å². The Morgan fingerprint density at radius 3 is 2.46 bits per heavy atom. The zero-order chi connectivity index (χ0) is 19.3. The molecule has 1 aliphatic heterocycles. The molecule has 5 heteroatoms. The van der Waals surface area contributed by atoms with Crippen LogP contribution in [0.15, 0.2) is 54.6 Å². The Hall–Kier alpha value is -2.63. The summed E-state index contributed by atoms with van der Waals surface area (Å²) in [5.74, 6) is 0.850. The number of anilines is 1. The summed E-state index contributed by atoms with van der Waals surface area (Å²) < 4.78 is 5.29. The summed E-state index contributed by atoms with van der Waals surface area (Å²) in [4.78, 5) is 9.66. The molecule has 0 radical (unpaired) electrons. The van der Waals surface area contributed by atoms with Crippen molar-refractivity contribution < 1.29 is 9.84 Å². The van der Waals surface area contributed by atoms with E-state index in [1.54, 1.807) is 7.11 Å². The fourth-order valence-corrected chi connectivity index (χ4v) is 3.76. The normalized spacial score (nSPS) is 15.1. The molecule has 1 saturated heterocycles. The highest BCUT2D eigenvalue weighted by molar-refractivity contribution is 5.83. The molecule has 0 unspecified atom stereocenters. The van der Waals surface area contributed by atoms with Crippen molar-refractivity contribution in [2.24, 2.45) is 0 Å². The third-order valence-corrected chi connectivity index (χ3v) is 5.43. The van der Waals surface area contributed by atoms with Crippen molar-refractivity contribution in [3.63, 3.8) is 0 Å². The molecule has 5 nitrogen and oxygen atoms in total. The first-order valence-corrected chi connectivity index (χ1v) is 9.90. The summed E-state index contributed by atoms with van der Waals surface area (Å²) in [5.41, 5.74) is 4.35. The zero-order valence-corrected chi connectivity index (χ0v) is 16.3. The van der Waals surface area contributed by atoms with Gasteiger partial charge in [-0.25, -0.2) is 4.98 Å². The van der Waals surface area contributed by atoms with E-state index in [-0.39, 0.29) is 6.61 Å². The Kier molecular flexibility index (Phi) is 5.74. The Balaban J connectivity index is 1.45. The maximum atomic E-state index is 8.98. The lowest BCUT2D eigenvalue weighted by Crippen LogP contribution is -2.46. The molecule has 0 spiro atoms. The van der Waals surface area contributed by atoms with Crippen molar-refractivity contribution in [2.75, 3.05) is 51.3 Å². The number of nitrogens with zero attached hydrogens (tertiary/aromatic N) is 3. The van der Waals surface area contributed by atoms with Gasteiger partial charge in [0.05, 0.1) is 18.3 Å². The van der Waals surface area contributed by atoms with Crippen molar-refractivity contribution in [3.8, 4) is 17.0 Å². The second-order valence-corrected chi connectivity index (χ2v) is 7.21. The van der Waals surface area contributed by atoms with Gasteiger partial charge in [0.25, 0.3) is 0 Å². The number of rotatable bonds is 6. The lowest BCUT2D eigenvalue weighted by molar-refractivity contribution is 0.216. The van der Waals surface area contributed by atoms with Crippen molar-refractivity contribution in [1.29, 1.82) is 0 Å². The van der Waals surface area contributed by atoms with Crippen LogP contribution in [-0.4, -0.2) is 61.4 Å². The molecule has 2 aromatic carbocycles. The first-order valence-electron chi connectivity index (χ1n) is 9.90. The molecule has 2 heterocycles. The standard InChI is InChI=1S/C23H27N3O2/c1-28-21-8-10-23-19(17-21)5-9-22(24-23)18-3-6-20(7-4-18)26-14-12-25(13-15-26)11-2-16-27/h3-10,17,27H,2,11-16H2,1H3. The smallest absolute Gasteiger partial charge is 0.119 e. The quantitative estimate of drug-likeness (QED) is 0.713. The number of pyridine rings is 1. The van der Waals surface area contributed by atoms with E-state index < -0.39 is 0 Å². The number of aliphatic hydroxyl groups is 1. The minimum Gasteiger partial charge on any atom is -0.497 e. The lowest BCUT2D eigenvalue weighted by Gasteiger charge is -2.36. The van der Waals surface area contributed by atoms with Crippen molar-refractivity contribution in [3.05, 3.63) is 54.6 Å². The molecule has 1 aliphatic rings. The molecule has 1 aromatic heterocycles. The largest absolute Gasteiger partial charge is 0.497 e. The average Bonchev–Trinajstić information content (AvgIpc) is 2.77. The molecule has 3 aromatic rings. The monoisotopic (exact) mass is 377 g/mol. The number of aromatic nitrogens is 1. The van der Waals surface area contributed by atoms with Crippen LogP contribution in [0.3, 0.4) is 0 Å². The predicted octanol–water partition coefficient (Wildman–Crippen LogP) is 3.41. The molecule has 0 aliphatic carbocycles. The number of aliphatic hydroxyl groups excluding tert-OH is 1. The maximum absolute atomic E-state index is 8.98. The van der Waals surface area contributed by atoms with Crippen LogP contribution in [0.5, 0.6) is 5.75 Å². The van der Waals surface area contributed by atoms with Crippen LogP contribution in [0.2, 0.25) is 0 Å². The van der Waals surface area contributed by atoms with E-state index >= 15 is 0 Å². The lowest BCUT2D eigenvalue weighted by atomic mass is 10.1. The van der Waals surface area contributed by atoms with Crippen LogP contribution in [-0.2, 0) is 0 Å². The zero-order valence-electron chi connectivity index (χ0n) is 16.3. The number of methoxy groups -OCH3 is 1. The van der Waals surface area contributed by atoms with E-state index in [9.17, 15) is 0 Å². The molecule has 1 N–H and O–H groups in total. The maximum Gasteiger partial charge on any atom is 0.119 e. The van der Waals surface area contributed by atoms with Gasteiger partial charge in [-0.3, -0.25) is 4.90 Å². The highest BCUT2D eigenvalue weighted by Crippen LogP contribution is 2.26. The minimum atomic E-state index is 0.276. The summed E-state index contributed by atoms with van der Waals surface area (Å²) >= 11 is 0. The molecule has 28 heavy (non-hydrogen) atoms. The summed E-state index contributed by atoms with van der Waals surface area (Å²) in [7, 11) is 1.68. The topological polar surface area (TPSA) is 48.8 Å². The van der Waals surface area contributed by atoms with Crippen molar-refractivity contribution in [2.45, 2.75) is 6.42 Å². The summed E-state index contributed by atoms with van der Waals surface area (Å²) in [6, 6.07) is 18.8. The molecule has 0 atom stereocenters. The van der Waals surface area contributed by atoms with Crippen LogP contribution in [0.1, 0.15) is 6.42 Å². The molecule has 0 saturated carbocycles. The molecular formula is C23H27N3O2. The van der Waals surface area contributed by atoms with E-state index in [0.717, 1.165) is 67.1 Å². The van der Waals surface area contributed by atoms with Gasteiger partial charge in [0, 0.05) is 56.0 Å². The van der Waals surface area contributed by atoms with E-state index in [1.807, 2.05) is 18.2 Å².